The summed E-state index contributed by atoms with van der Waals surface area (Å²) in [6.07, 6.45) is 0.403. The summed E-state index contributed by atoms with van der Waals surface area (Å²) < 4.78 is 5.93. The second-order valence-electron chi connectivity index (χ2n) is 5.86. The Morgan fingerprint density at radius 1 is 1.25 bits per heavy atom. The smallest absolute Gasteiger partial charge is 0.231 e. The van der Waals surface area contributed by atoms with Gasteiger partial charge < -0.3 is 15.0 Å². The molecule has 0 radical (unpaired) electrons. The van der Waals surface area contributed by atoms with Gasteiger partial charge in [0.25, 0.3) is 0 Å². The van der Waals surface area contributed by atoms with Crippen molar-refractivity contribution in [3.8, 4) is 5.75 Å². The quantitative estimate of drug-likeness (QED) is 0.859. The van der Waals surface area contributed by atoms with Crippen molar-refractivity contribution in [3.05, 3.63) is 24.3 Å². The Hall–Kier alpha value is -1.55. The Labute approximate surface area is 122 Å². The van der Waals surface area contributed by atoms with Gasteiger partial charge in [-0.2, -0.15) is 0 Å². The molecule has 1 aliphatic rings. The Bertz CT molecular complexity index is 456. The average Bonchev–Trinajstić information content (AvgIpc) is 2.40. The highest BCUT2D eigenvalue weighted by Crippen LogP contribution is 2.37. The summed E-state index contributed by atoms with van der Waals surface area (Å²) in [5, 5.41) is 2.75. The van der Waals surface area contributed by atoms with E-state index in [0.717, 1.165) is 11.4 Å². The molecule has 0 bridgehead atoms. The maximum absolute atomic E-state index is 12.3. The number of ether oxygens (including phenoxy) is 1. The molecule has 1 heterocycles. The zero-order valence-corrected chi connectivity index (χ0v) is 13.4. The molecule has 1 aromatic rings. The number of fused-ring (bicyclic) bond motifs is 1. The predicted molar refractivity (Wildman–Crippen MR) is 83.4 cm³/mol. The lowest BCUT2D eigenvalue weighted by Crippen LogP contribution is -2.39. The van der Waals surface area contributed by atoms with Crippen molar-refractivity contribution in [2.24, 2.45) is 0 Å². The number of para-hydroxylation sites is 2. The third-order valence-corrected chi connectivity index (χ3v) is 2.87. The van der Waals surface area contributed by atoms with Crippen molar-refractivity contribution in [1.82, 2.24) is 5.32 Å². The molecule has 1 aliphatic heterocycles. The summed E-state index contributed by atoms with van der Waals surface area (Å²) in [5.74, 6) is 0.909. The number of hydrogen-bond donors (Lipinski definition) is 1. The van der Waals surface area contributed by atoms with Crippen LogP contribution in [-0.4, -0.2) is 31.6 Å². The number of carbonyl (C=O) groups excluding carboxylic acids is 1. The van der Waals surface area contributed by atoms with E-state index in [1.807, 2.05) is 71.0 Å². The molecule has 4 heteroatoms. The fourth-order valence-corrected chi connectivity index (χ4v) is 2.23. The van der Waals surface area contributed by atoms with E-state index in [4.69, 9.17) is 4.74 Å². The maximum Gasteiger partial charge on any atom is 0.231 e. The van der Waals surface area contributed by atoms with Crippen LogP contribution in [0.15, 0.2) is 24.3 Å². The van der Waals surface area contributed by atoms with Gasteiger partial charge in [-0.1, -0.05) is 12.1 Å². The molecule has 0 aromatic heterocycles. The van der Waals surface area contributed by atoms with Gasteiger partial charge in [-0.3, -0.25) is 4.79 Å². The molecule has 1 aromatic carbocycles. The molecule has 2 rings (SSSR count). The summed E-state index contributed by atoms with van der Waals surface area (Å²) in [6.45, 7) is 7.94. The number of rotatable bonds is 1. The van der Waals surface area contributed by atoms with E-state index >= 15 is 0 Å². The van der Waals surface area contributed by atoms with Gasteiger partial charge in [-0.05, 0) is 53.9 Å². The normalized spacial score (nSPS) is 16.8. The molecule has 4 nitrogen and oxygen atoms in total. The third kappa shape index (κ3) is 3.97. The van der Waals surface area contributed by atoms with Crippen LogP contribution in [0, 0.1) is 0 Å². The molecule has 0 fully saturated rings. The summed E-state index contributed by atoms with van der Waals surface area (Å²) in [6, 6.07) is 7.87. The predicted octanol–water partition coefficient (Wildman–Crippen LogP) is 2.82. The van der Waals surface area contributed by atoms with Gasteiger partial charge in [0.05, 0.1) is 12.1 Å². The molecule has 112 valence electrons. The lowest BCUT2D eigenvalue weighted by atomic mass is 10.0. The van der Waals surface area contributed by atoms with Crippen LogP contribution in [0.25, 0.3) is 0 Å². The van der Waals surface area contributed by atoms with Gasteiger partial charge in [0.15, 0.2) is 0 Å². The van der Waals surface area contributed by atoms with E-state index in [-0.39, 0.29) is 11.9 Å². The number of carbonyl (C=O) groups is 1. The van der Waals surface area contributed by atoms with Crippen LogP contribution in [0.3, 0.4) is 0 Å². The fourth-order valence-electron chi connectivity index (χ4n) is 2.23. The van der Waals surface area contributed by atoms with Crippen LogP contribution in [0.5, 0.6) is 5.75 Å². The summed E-state index contributed by atoms with van der Waals surface area (Å²) >= 11 is 0. The highest BCUT2D eigenvalue weighted by molar-refractivity contribution is 5.96. The molecular weight excluding hydrogens is 252 g/mol. The topological polar surface area (TPSA) is 41.6 Å². The minimum atomic E-state index is -0.448. The number of benzene rings is 1. The monoisotopic (exact) mass is 278 g/mol. The molecule has 1 N–H and O–H groups in total. The fraction of sp³-hybridized carbons (Fsp3) is 0.562. The lowest BCUT2D eigenvalue weighted by molar-refractivity contribution is -0.121. The van der Waals surface area contributed by atoms with Gasteiger partial charge in [-0.15, -0.1) is 0 Å². The number of nitrogens with one attached hydrogen (secondary N) is 1. The van der Waals surface area contributed by atoms with Crippen LogP contribution in [0.1, 0.15) is 34.1 Å². The van der Waals surface area contributed by atoms with Crippen molar-refractivity contribution < 1.29 is 9.53 Å². The van der Waals surface area contributed by atoms with Gasteiger partial charge in [0.1, 0.15) is 11.4 Å². The summed E-state index contributed by atoms with van der Waals surface area (Å²) in [5.41, 5.74) is 0.426. The van der Waals surface area contributed by atoms with Gasteiger partial charge in [0.2, 0.25) is 5.91 Å². The van der Waals surface area contributed by atoms with E-state index in [1.165, 1.54) is 0 Å². The van der Waals surface area contributed by atoms with Crippen LogP contribution >= 0.6 is 0 Å². The summed E-state index contributed by atoms with van der Waals surface area (Å²) in [7, 11) is 3.75. The van der Waals surface area contributed by atoms with Crippen molar-refractivity contribution in [1.29, 1.82) is 0 Å². The van der Waals surface area contributed by atoms with Gasteiger partial charge in [0, 0.05) is 6.04 Å². The number of hydrogen-bond acceptors (Lipinski definition) is 3. The molecule has 0 atom stereocenters. The SMILES string of the molecule is CC(C)N1C(=O)CC(C)(C)Oc2ccccc21.CNC. The highest BCUT2D eigenvalue weighted by Gasteiger charge is 2.34. The maximum atomic E-state index is 12.3. The van der Waals surface area contributed by atoms with Gasteiger partial charge in [-0.25, -0.2) is 0 Å². The summed E-state index contributed by atoms with van der Waals surface area (Å²) in [4.78, 5) is 14.1. The Balaban J connectivity index is 0.000000612. The molecule has 0 unspecified atom stereocenters. The van der Waals surface area contributed by atoms with Crippen LogP contribution in [0.2, 0.25) is 0 Å². The zero-order chi connectivity index (χ0) is 15.3. The highest BCUT2D eigenvalue weighted by atomic mass is 16.5. The second-order valence-corrected chi connectivity index (χ2v) is 5.86. The van der Waals surface area contributed by atoms with E-state index in [2.05, 4.69) is 5.32 Å². The van der Waals surface area contributed by atoms with Crippen molar-refractivity contribution in [3.63, 3.8) is 0 Å². The Morgan fingerprint density at radius 2 is 1.80 bits per heavy atom. The second kappa shape index (κ2) is 6.75. The largest absolute Gasteiger partial charge is 0.485 e. The van der Waals surface area contributed by atoms with E-state index in [0.29, 0.717) is 6.42 Å². The van der Waals surface area contributed by atoms with Crippen molar-refractivity contribution >= 4 is 11.6 Å². The van der Waals surface area contributed by atoms with E-state index < -0.39 is 5.60 Å². The lowest BCUT2D eigenvalue weighted by Gasteiger charge is -2.25. The first-order chi connectivity index (χ1) is 9.32. The average molecular weight is 278 g/mol. The zero-order valence-electron chi connectivity index (χ0n) is 13.4. The van der Waals surface area contributed by atoms with Crippen LogP contribution < -0.4 is 15.0 Å². The van der Waals surface area contributed by atoms with Gasteiger partial charge >= 0.3 is 0 Å². The van der Waals surface area contributed by atoms with E-state index in [9.17, 15) is 4.79 Å². The van der Waals surface area contributed by atoms with Crippen LogP contribution in [-0.2, 0) is 4.79 Å². The minimum absolute atomic E-state index is 0.120. The van der Waals surface area contributed by atoms with Crippen molar-refractivity contribution in [2.75, 3.05) is 19.0 Å². The molecule has 0 spiro atoms. The Kier molecular flexibility index (Phi) is 5.57. The van der Waals surface area contributed by atoms with Crippen LogP contribution in [0.4, 0.5) is 5.69 Å². The molecule has 0 saturated heterocycles. The molecule has 20 heavy (non-hydrogen) atoms. The third-order valence-electron chi connectivity index (χ3n) is 2.87. The molecular formula is C16H26N2O2. The standard InChI is InChI=1S/C14H19NO2.C2H7N/c1-10(2)15-11-7-5-6-8-12(11)17-14(3,4)9-13(15)16;1-3-2/h5-8,10H,9H2,1-4H3;3H,1-2H3. The number of anilines is 1. The first kappa shape index (κ1) is 16.5. The number of amides is 1. The first-order valence-electron chi connectivity index (χ1n) is 7.01. The number of nitrogens with zero attached hydrogens (tertiary/aromatic N) is 1. The van der Waals surface area contributed by atoms with Crippen molar-refractivity contribution in [2.45, 2.75) is 45.8 Å². The Morgan fingerprint density at radius 3 is 2.35 bits per heavy atom. The first-order valence-corrected chi connectivity index (χ1v) is 7.01. The minimum Gasteiger partial charge on any atom is -0.485 e. The van der Waals surface area contributed by atoms with E-state index in [1.54, 1.807) is 0 Å². The molecule has 0 saturated carbocycles. The molecule has 1 amide bonds. The molecule has 0 aliphatic carbocycles.